The van der Waals surface area contributed by atoms with E-state index in [0.29, 0.717) is 25.6 Å². The Morgan fingerprint density at radius 2 is 1.82 bits per heavy atom. The molecule has 0 saturated carbocycles. The highest BCUT2D eigenvalue weighted by Gasteiger charge is 2.35. The van der Waals surface area contributed by atoms with Crippen molar-refractivity contribution in [2.75, 3.05) is 31.1 Å². The Balaban J connectivity index is 1.44. The average Bonchev–Trinajstić information content (AvgIpc) is 3.21. The van der Waals surface area contributed by atoms with Crippen molar-refractivity contribution in [1.82, 2.24) is 9.29 Å². The molecule has 0 bridgehead atoms. The lowest BCUT2D eigenvalue weighted by atomic mass is 10.1. The van der Waals surface area contributed by atoms with Crippen LogP contribution in [0.2, 0.25) is 5.02 Å². The molecule has 0 unspecified atom stereocenters. The zero-order valence-electron chi connectivity index (χ0n) is 17.0. The molecule has 2 aromatic carbocycles. The zero-order valence-corrected chi connectivity index (χ0v) is 21.0. The maximum absolute atomic E-state index is 13.1. The van der Waals surface area contributed by atoms with Crippen LogP contribution in [0.5, 0.6) is 0 Å². The Labute approximate surface area is 207 Å². The van der Waals surface area contributed by atoms with Crippen molar-refractivity contribution in [3.63, 3.8) is 0 Å². The Bertz CT molecular complexity index is 1260. The summed E-state index contributed by atoms with van der Waals surface area (Å²) in [6, 6.07) is 10.3. The van der Waals surface area contributed by atoms with Crippen LogP contribution in [0.15, 0.2) is 57.2 Å². The maximum Gasteiger partial charge on any atom is 0.416 e. The van der Waals surface area contributed by atoms with Crippen LogP contribution in [0.3, 0.4) is 0 Å². The summed E-state index contributed by atoms with van der Waals surface area (Å²) in [5.41, 5.74) is 0.985. The van der Waals surface area contributed by atoms with Gasteiger partial charge in [-0.15, -0.1) is 11.3 Å². The SMILES string of the molecule is O=S(=O)(c1cc(C(F)(F)F)ccc1Cl)N1CCN(c2nc(Cc3cccc(Br)c3)cs2)CC1. The molecule has 2 heterocycles. The van der Waals surface area contributed by atoms with Crippen LogP contribution in [0.1, 0.15) is 16.8 Å². The monoisotopic (exact) mass is 579 g/mol. The van der Waals surface area contributed by atoms with E-state index in [1.165, 1.54) is 15.6 Å². The number of aromatic nitrogens is 1. The van der Waals surface area contributed by atoms with Crippen LogP contribution in [0.4, 0.5) is 18.3 Å². The van der Waals surface area contributed by atoms with Crippen LogP contribution in [-0.2, 0) is 22.6 Å². The van der Waals surface area contributed by atoms with Gasteiger partial charge in [0.05, 0.1) is 16.3 Å². The van der Waals surface area contributed by atoms with Crippen molar-refractivity contribution >= 4 is 54.0 Å². The first-order chi connectivity index (χ1) is 15.5. The quantitative estimate of drug-likeness (QED) is 0.390. The fraction of sp³-hybridized carbons (Fsp3) is 0.286. The van der Waals surface area contributed by atoms with Gasteiger partial charge in [0.15, 0.2) is 5.13 Å². The molecule has 0 N–H and O–H groups in total. The smallest absolute Gasteiger partial charge is 0.345 e. The maximum atomic E-state index is 13.1. The van der Waals surface area contributed by atoms with Crippen molar-refractivity contribution in [3.8, 4) is 0 Å². The van der Waals surface area contributed by atoms with Gasteiger partial charge in [0, 0.05) is 42.5 Å². The molecule has 1 aliphatic heterocycles. The molecule has 0 atom stereocenters. The minimum atomic E-state index is -4.66. The predicted molar refractivity (Wildman–Crippen MR) is 126 cm³/mol. The second-order valence-corrected chi connectivity index (χ2v) is 11.5. The molecule has 0 aliphatic carbocycles. The fourth-order valence-corrected chi connectivity index (χ4v) is 6.76. The third kappa shape index (κ3) is 5.54. The summed E-state index contributed by atoms with van der Waals surface area (Å²) in [7, 11) is -4.17. The molecular weight excluding hydrogens is 563 g/mol. The van der Waals surface area contributed by atoms with Gasteiger partial charge in [-0.1, -0.05) is 39.7 Å². The first kappa shape index (κ1) is 24.5. The summed E-state index contributed by atoms with van der Waals surface area (Å²) >= 11 is 10.9. The number of piperazine rings is 1. The summed E-state index contributed by atoms with van der Waals surface area (Å²) in [5.74, 6) is 0. The van der Waals surface area contributed by atoms with Crippen molar-refractivity contribution in [2.24, 2.45) is 0 Å². The normalized spacial score (nSPS) is 15.7. The summed E-state index contributed by atoms with van der Waals surface area (Å²) in [5, 5.41) is 2.53. The molecule has 5 nitrogen and oxygen atoms in total. The largest absolute Gasteiger partial charge is 0.416 e. The van der Waals surface area contributed by atoms with E-state index >= 15 is 0 Å². The number of anilines is 1. The second-order valence-electron chi connectivity index (χ2n) is 7.46. The summed E-state index contributed by atoms with van der Waals surface area (Å²) in [6.07, 6.45) is -3.98. The highest BCUT2D eigenvalue weighted by Crippen LogP contribution is 2.35. The minimum absolute atomic E-state index is 0.120. The molecule has 33 heavy (non-hydrogen) atoms. The van der Waals surface area contributed by atoms with Crippen LogP contribution in [0, 0.1) is 0 Å². The topological polar surface area (TPSA) is 53.5 Å². The van der Waals surface area contributed by atoms with Crippen molar-refractivity contribution < 1.29 is 21.6 Å². The van der Waals surface area contributed by atoms with Crippen LogP contribution >= 0.6 is 38.9 Å². The van der Waals surface area contributed by atoms with Crippen molar-refractivity contribution in [2.45, 2.75) is 17.5 Å². The van der Waals surface area contributed by atoms with Crippen molar-refractivity contribution in [1.29, 1.82) is 0 Å². The molecule has 1 saturated heterocycles. The lowest BCUT2D eigenvalue weighted by Gasteiger charge is -2.34. The van der Waals surface area contributed by atoms with E-state index in [1.54, 1.807) is 0 Å². The van der Waals surface area contributed by atoms with Gasteiger partial charge in [0.1, 0.15) is 4.90 Å². The van der Waals surface area contributed by atoms with Crippen LogP contribution < -0.4 is 4.90 Å². The number of alkyl halides is 3. The minimum Gasteiger partial charge on any atom is -0.345 e. The van der Waals surface area contributed by atoms with Crippen LogP contribution in [-0.4, -0.2) is 43.9 Å². The first-order valence-corrected chi connectivity index (χ1v) is 13.3. The van der Waals surface area contributed by atoms with Gasteiger partial charge in [-0.3, -0.25) is 0 Å². The number of benzene rings is 2. The molecule has 3 aromatic rings. The van der Waals surface area contributed by atoms with Gasteiger partial charge in [0.2, 0.25) is 10.0 Å². The Morgan fingerprint density at radius 1 is 1.09 bits per heavy atom. The number of hydrogen-bond donors (Lipinski definition) is 0. The number of rotatable bonds is 5. The third-order valence-electron chi connectivity index (χ3n) is 5.20. The molecule has 1 fully saturated rings. The number of nitrogens with zero attached hydrogens (tertiary/aromatic N) is 3. The lowest BCUT2D eigenvalue weighted by molar-refractivity contribution is -0.137. The molecule has 4 rings (SSSR count). The van der Waals surface area contributed by atoms with Gasteiger partial charge in [-0.05, 0) is 35.9 Å². The van der Waals surface area contributed by atoms with E-state index in [4.69, 9.17) is 11.6 Å². The Kier molecular flexibility index (Phi) is 7.07. The molecule has 0 amide bonds. The number of halogens is 5. The summed E-state index contributed by atoms with van der Waals surface area (Å²) < 4.78 is 67.4. The Hall–Kier alpha value is -1.66. The van der Waals surface area contributed by atoms with Gasteiger partial charge >= 0.3 is 6.18 Å². The average molecular weight is 581 g/mol. The zero-order chi connectivity index (χ0) is 23.8. The van der Waals surface area contributed by atoms with E-state index in [2.05, 4.69) is 20.9 Å². The summed E-state index contributed by atoms with van der Waals surface area (Å²) in [4.78, 5) is 6.12. The van der Waals surface area contributed by atoms with Gasteiger partial charge in [0.25, 0.3) is 0 Å². The number of sulfonamides is 1. The standard InChI is InChI=1S/C21H18BrClF3N3O2S2/c22-16-3-1-2-14(10-16)11-17-13-32-20(27-17)28-6-8-29(9-7-28)33(30,31)19-12-15(21(24,25)26)4-5-18(19)23/h1-5,10,12-13H,6-9,11H2. The first-order valence-electron chi connectivity index (χ1n) is 9.85. The highest BCUT2D eigenvalue weighted by molar-refractivity contribution is 9.10. The fourth-order valence-electron chi connectivity index (χ4n) is 3.51. The molecule has 12 heteroatoms. The molecule has 1 aliphatic rings. The number of thiazole rings is 1. The Morgan fingerprint density at radius 3 is 2.48 bits per heavy atom. The van der Waals surface area contributed by atoms with Gasteiger partial charge in [-0.2, -0.15) is 17.5 Å². The van der Waals surface area contributed by atoms with E-state index in [9.17, 15) is 21.6 Å². The molecule has 0 radical (unpaired) electrons. The second kappa shape index (κ2) is 9.53. The molecule has 176 valence electrons. The van der Waals surface area contributed by atoms with Gasteiger partial charge in [-0.25, -0.2) is 13.4 Å². The third-order valence-corrected chi connectivity index (χ3v) is 9.02. The highest BCUT2D eigenvalue weighted by atomic mass is 79.9. The molecule has 1 aromatic heterocycles. The number of hydrogen-bond acceptors (Lipinski definition) is 5. The predicted octanol–water partition coefficient (Wildman–Crippen LogP) is 5.68. The summed E-state index contributed by atoms with van der Waals surface area (Å²) in [6.45, 7) is 0.990. The van der Waals surface area contributed by atoms with E-state index in [1.807, 2.05) is 34.5 Å². The van der Waals surface area contributed by atoms with Gasteiger partial charge < -0.3 is 4.90 Å². The molecule has 0 spiro atoms. The van der Waals surface area contributed by atoms with Crippen molar-refractivity contribution in [3.05, 3.63) is 74.2 Å². The van der Waals surface area contributed by atoms with E-state index in [-0.39, 0.29) is 18.1 Å². The molecular formula is C21H18BrClF3N3O2S2. The van der Waals surface area contributed by atoms with E-state index < -0.39 is 26.7 Å². The van der Waals surface area contributed by atoms with E-state index in [0.717, 1.165) is 33.0 Å². The lowest BCUT2D eigenvalue weighted by Crippen LogP contribution is -2.48. The van der Waals surface area contributed by atoms with Crippen LogP contribution in [0.25, 0.3) is 0 Å².